The van der Waals surface area contributed by atoms with E-state index in [2.05, 4.69) is 20.6 Å². The average molecular weight is 331 g/mol. The molecule has 0 atom stereocenters. The fourth-order valence-electron chi connectivity index (χ4n) is 2.22. The summed E-state index contributed by atoms with van der Waals surface area (Å²) in [5.41, 5.74) is 0.830. The number of amides is 1. The number of nitrogens with zero attached hydrogens (tertiary/aromatic N) is 4. The van der Waals surface area contributed by atoms with Gasteiger partial charge in [0.05, 0.1) is 0 Å². The van der Waals surface area contributed by atoms with Crippen LogP contribution in [-0.4, -0.2) is 37.4 Å². The summed E-state index contributed by atoms with van der Waals surface area (Å²) >= 11 is 1.45. The van der Waals surface area contributed by atoms with Crippen LogP contribution in [0.3, 0.4) is 0 Å². The Morgan fingerprint density at radius 2 is 2.13 bits per heavy atom. The molecule has 3 aromatic rings. The van der Waals surface area contributed by atoms with Gasteiger partial charge in [0.1, 0.15) is 10.8 Å². The van der Waals surface area contributed by atoms with Crippen LogP contribution in [0.15, 0.2) is 24.3 Å². The maximum Gasteiger partial charge on any atom is 0.234 e. The number of hydrogen-bond donors (Lipinski definition) is 2. The predicted molar refractivity (Wildman–Crippen MR) is 86.5 cm³/mol. The van der Waals surface area contributed by atoms with Crippen LogP contribution < -0.4 is 5.32 Å². The van der Waals surface area contributed by atoms with Crippen LogP contribution in [0.25, 0.3) is 4.96 Å². The summed E-state index contributed by atoms with van der Waals surface area (Å²) in [5, 5.41) is 25.7. The number of carbonyl (C=O) groups excluding carboxylic acids is 1. The standard InChI is InChI=1S/C15H17N5O2S/c1-10-17-18-15-20(10)19-14(23-15)7-6-13(22)16-9-8-11-4-2-3-5-12(11)21/h2-5,21H,6-9H2,1H3,(H,16,22). The minimum Gasteiger partial charge on any atom is -0.508 e. The van der Waals surface area contributed by atoms with Crippen molar-refractivity contribution in [1.29, 1.82) is 0 Å². The van der Waals surface area contributed by atoms with Gasteiger partial charge in [0.25, 0.3) is 0 Å². The quantitative estimate of drug-likeness (QED) is 0.714. The van der Waals surface area contributed by atoms with Gasteiger partial charge in [-0.3, -0.25) is 4.79 Å². The van der Waals surface area contributed by atoms with Crippen LogP contribution in [-0.2, 0) is 17.6 Å². The Labute approximate surface area is 137 Å². The molecule has 0 saturated carbocycles. The number of fused-ring (bicyclic) bond motifs is 1. The third kappa shape index (κ3) is 3.65. The fourth-order valence-corrected chi connectivity index (χ4v) is 3.10. The summed E-state index contributed by atoms with van der Waals surface area (Å²) in [6, 6.07) is 7.14. The van der Waals surface area contributed by atoms with E-state index in [1.807, 2.05) is 19.1 Å². The van der Waals surface area contributed by atoms with Crippen molar-refractivity contribution in [3.05, 3.63) is 40.7 Å². The highest BCUT2D eigenvalue weighted by Gasteiger charge is 2.10. The second-order valence-corrected chi connectivity index (χ2v) is 6.21. The van der Waals surface area contributed by atoms with E-state index in [0.29, 0.717) is 25.8 Å². The number of rotatable bonds is 6. The van der Waals surface area contributed by atoms with Gasteiger partial charge >= 0.3 is 0 Å². The molecule has 0 bridgehead atoms. The van der Waals surface area contributed by atoms with Crippen molar-refractivity contribution in [2.45, 2.75) is 26.2 Å². The van der Waals surface area contributed by atoms with Gasteiger partial charge in [-0.2, -0.15) is 9.61 Å². The first-order valence-electron chi connectivity index (χ1n) is 7.35. The number of phenolic OH excluding ortho intramolecular Hbond substituents is 1. The molecule has 0 radical (unpaired) electrons. The molecule has 2 N–H and O–H groups in total. The van der Waals surface area contributed by atoms with Gasteiger partial charge in [-0.15, -0.1) is 10.2 Å². The molecule has 7 nitrogen and oxygen atoms in total. The Kier molecular flexibility index (Phi) is 4.52. The Morgan fingerprint density at radius 1 is 1.30 bits per heavy atom. The van der Waals surface area contributed by atoms with Crippen molar-refractivity contribution in [3.8, 4) is 5.75 Å². The number of benzene rings is 1. The topological polar surface area (TPSA) is 92.4 Å². The van der Waals surface area contributed by atoms with E-state index >= 15 is 0 Å². The van der Waals surface area contributed by atoms with E-state index in [0.717, 1.165) is 21.4 Å². The third-order valence-corrected chi connectivity index (χ3v) is 4.42. The van der Waals surface area contributed by atoms with Gasteiger partial charge in [-0.05, 0) is 25.0 Å². The number of hydrogen-bond acceptors (Lipinski definition) is 6. The van der Waals surface area contributed by atoms with Crippen LogP contribution >= 0.6 is 11.3 Å². The molecule has 1 amide bonds. The summed E-state index contributed by atoms with van der Waals surface area (Å²) in [6.45, 7) is 2.34. The van der Waals surface area contributed by atoms with Crippen molar-refractivity contribution in [2.75, 3.05) is 6.54 Å². The van der Waals surface area contributed by atoms with Crippen LogP contribution in [0, 0.1) is 6.92 Å². The molecule has 0 fully saturated rings. The zero-order chi connectivity index (χ0) is 16.2. The predicted octanol–water partition coefficient (Wildman–Crippen LogP) is 1.49. The molecule has 2 heterocycles. The second kappa shape index (κ2) is 6.74. The number of aromatic nitrogens is 4. The van der Waals surface area contributed by atoms with Crippen molar-refractivity contribution < 1.29 is 9.90 Å². The molecule has 0 spiro atoms. The fraction of sp³-hybridized carbons (Fsp3) is 0.333. The summed E-state index contributed by atoms with van der Waals surface area (Å²) in [7, 11) is 0. The van der Waals surface area contributed by atoms with Gasteiger partial charge in [-0.1, -0.05) is 29.5 Å². The largest absolute Gasteiger partial charge is 0.508 e. The summed E-state index contributed by atoms with van der Waals surface area (Å²) in [4.78, 5) is 12.6. The molecule has 1 aromatic carbocycles. The molecule has 0 aliphatic carbocycles. The maximum atomic E-state index is 11.9. The molecule has 120 valence electrons. The van der Waals surface area contributed by atoms with Gasteiger partial charge in [0.15, 0.2) is 5.82 Å². The molecule has 2 aromatic heterocycles. The zero-order valence-electron chi connectivity index (χ0n) is 12.7. The number of nitrogens with one attached hydrogen (secondary N) is 1. The van der Waals surface area contributed by atoms with Crippen LogP contribution in [0.5, 0.6) is 5.75 Å². The Morgan fingerprint density at radius 3 is 2.91 bits per heavy atom. The Hall–Kier alpha value is -2.48. The van der Waals surface area contributed by atoms with E-state index in [4.69, 9.17) is 0 Å². The number of carbonyl (C=O) groups is 1. The minimum atomic E-state index is -0.0249. The molecular weight excluding hydrogens is 314 g/mol. The Bertz CT molecular complexity index is 826. The highest BCUT2D eigenvalue weighted by molar-refractivity contribution is 7.16. The average Bonchev–Trinajstić information content (AvgIpc) is 3.09. The lowest BCUT2D eigenvalue weighted by molar-refractivity contribution is -0.121. The lowest BCUT2D eigenvalue weighted by Gasteiger charge is -2.06. The van der Waals surface area contributed by atoms with Crippen LogP contribution in [0.4, 0.5) is 0 Å². The van der Waals surface area contributed by atoms with E-state index in [1.54, 1.807) is 16.6 Å². The summed E-state index contributed by atoms with van der Waals surface area (Å²) in [6.07, 6.45) is 1.56. The highest BCUT2D eigenvalue weighted by Crippen LogP contribution is 2.16. The lowest BCUT2D eigenvalue weighted by Crippen LogP contribution is -2.25. The zero-order valence-corrected chi connectivity index (χ0v) is 13.5. The molecule has 8 heteroatoms. The number of phenols is 1. The molecule has 0 aliphatic heterocycles. The number of aromatic hydroxyl groups is 1. The number of para-hydroxylation sites is 1. The van der Waals surface area contributed by atoms with Crippen molar-refractivity contribution >= 4 is 22.2 Å². The summed E-state index contributed by atoms with van der Waals surface area (Å²) < 4.78 is 1.69. The van der Waals surface area contributed by atoms with Gasteiger partial charge < -0.3 is 10.4 Å². The van der Waals surface area contributed by atoms with E-state index in [-0.39, 0.29) is 11.7 Å². The van der Waals surface area contributed by atoms with Gasteiger partial charge in [-0.25, -0.2) is 0 Å². The SMILES string of the molecule is Cc1nnc2sc(CCC(=O)NCCc3ccccc3O)nn12. The van der Waals surface area contributed by atoms with E-state index in [1.165, 1.54) is 11.3 Å². The smallest absolute Gasteiger partial charge is 0.234 e. The molecule has 0 unspecified atom stereocenters. The lowest BCUT2D eigenvalue weighted by atomic mass is 10.1. The molecule has 0 saturated heterocycles. The van der Waals surface area contributed by atoms with Crippen LogP contribution in [0.2, 0.25) is 0 Å². The normalized spacial score (nSPS) is 11.0. The molecule has 3 rings (SSSR count). The van der Waals surface area contributed by atoms with Gasteiger partial charge in [0.2, 0.25) is 10.9 Å². The monoisotopic (exact) mass is 331 g/mol. The Balaban J connectivity index is 1.45. The molecule has 23 heavy (non-hydrogen) atoms. The van der Waals surface area contributed by atoms with E-state index in [9.17, 15) is 9.90 Å². The minimum absolute atomic E-state index is 0.0249. The van der Waals surface area contributed by atoms with Crippen molar-refractivity contribution in [2.24, 2.45) is 0 Å². The van der Waals surface area contributed by atoms with Crippen molar-refractivity contribution in [3.63, 3.8) is 0 Å². The first kappa shape index (κ1) is 15.4. The molecule has 0 aliphatic rings. The van der Waals surface area contributed by atoms with Crippen molar-refractivity contribution in [1.82, 2.24) is 25.1 Å². The highest BCUT2D eigenvalue weighted by atomic mass is 32.1. The maximum absolute atomic E-state index is 11.9. The molecular formula is C15H17N5O2S. The second-order valence-electron chi connectivity index (χ2n) is 5.17. The summed E-state index contributed by atoms with van der Waals surface area (Å²) in [5.74, 6) is 0.981. The van der Waals surface area contributed by atoms with Crippen LogP contribution in [0.1, 0.15) is 22.8 Å². The third-order valence-electron chi connectivity index (χ3n) is 3.46. The first-order valence-corrected chi connectivity index (χ1v) is 8.16. The van der Waals surface area contributed by atoms with E-state index < -0.39 is 0 Å². The number of aryl methyl sites for hydroxylation is 2. The van der Waals surface area contributed by atoms with Gasteiger partial charge in [0, 0.05) is 19.4 Å². The first-order chi connectivity index (χ1) is 11.1.